The van der Waals surface area contributed by atoms with Gasteiger partial charge in [-0.1, -0.05) is 30.7 Å². The number of hydrogen-bond donors (Lipinski definition) is 2. The summed E-state index contributed by atoms with van der Waals surface area (Å²) < 4.78 is 26.9. The molecule has 1 heterocycles. The van der Waals surface area contributed by atoms with Crippen molar-refractivity contribution in [1.29, 1.82) is 0 Å². The van der Waals surface area contributed by atoms with Gasteiger partial charge in [-0.3, -0.25) is 4.99 Å². The fourth-order valence-corrected chi connectivity index (χ4v) is 4.32. The number of hydrogen-bond acceptors (Lipinski definition) is 3. The summed E-state index contributed by atoms with van der Waals surface area (Å²) in [5.41, 5.74) is 2.70. The summed E-state index contributed by atoms with van der Waals surface area (Å²) in [6.07, 6.45) is 4.50. The molecule has 3 rings (SSSR count). The Bertz CT molecular complexity index is 720. The summed E-state index contributed by atoms with van der Waals surface area (Å²) in [7, 11) is -1.48. The summed E-state index contributed by atoms with van der Waals surface area (Å²) in [4.78, 5) is 6.49. The zero-order chi connectivity index (χ0) is 17.7. The minimum Gasteiger partial charge on any atom is -0.355 e. The van der Waals surface area contributed by atoms with Crippen LogP contribution in [0.4, 0.5) is 0 Å². The van der Waals surface area contributed by atoms with Crippen LogP contribution in [0.1, 0.15) is 30.4 Å². The SMILES string of the molecule is CN=C(NCCS(=O)(=O)NCC1CCC1)N1CCc2ccccc2C1.I. The Morgan fingerprint density at radius 1 is 1.27 bits per heavy atom. The van der Waals surface area contributed by atoms with Crippen molar-refractivity contribution < 1.29 is 8.42 Å². The van der Waals surface area contributed by atoms with Gasteiger partial charge in [0.05, 0.1) is 5.75 Å². The predicted molar refractivity (Wildman–Crippen MR) is 116 cm³/mol. The largest absolute Gasteiger partial charge is 0.355 e. The highest BCUT2D eigenvalue weighted by Gasteiger charge is 2.21. The summed E-state index contributed by atoms with van der Waals surface area (Å²) in [6.45, 7) is 2.65. The molecule has 1 fully saturated rings. The molecule has 2 N–H and O–H groups in total. The molecule has 2 aliphatic rings. The average Bonchev–Trinajstić information content (AvgIpc) is 2.57. The summed E-state index contributed by atoms with van der Waals surface area (Å²) in [5.74, 6) is 1.37. The van der Waals surface area contributed by atoms with Crippen LogP contribution in [-0.4, -0.2) is 51.7 Å². The van der Waals surface area contributed by atoms with Crippen molar-refractivity contribution in [3.05, 3.63) is 35.4 Å². The van der Waals surface area contributed by atoms with E-state index < -0.39 is 10.0 Å². The molecule has 1 aliphatic carbocycles. The van der Waals surface area contributed by atoms with Crippen molar-refractivity contribution in [2.24, 2.45) is 10.9 Å². The van der Waals surface area contributed by atoms with Crippen LogP contribution in [0.5, 0.6) is 0 Å². The highest BCUT2D eigenvalue weighted by molar-refractivity contribution is 14.0. The number of halogens is 1. The van der Waals surface area contributed by atoms with Crippen LogP contribution >= 0.6 is 24.0 Å². The van der Waals surface area contributed by atoms with Crippen LogP contribution in [0.3, 0.4) is 0 Å². The van der Waals surface area contributed by atoms with Gasteiger partial charge in [0.15, 0.2) is 5.96 Å². The Balaban J connectivity index is 0.00000243. The molecule has 146 valence electrons. The summed E-state index contributed by atoms with van der Waals surface area (Å²) in [5, 5.41) is 3.20. The van der Waals surface area contributed by atoms with Crippen LogP contribution in [0.15, 0.2) is 29.3 Å². The molecule has 1 aromatic rings. The molecule has 0 aromatic heterocycles. The lowest BCUT2D eigenvalue weighted by Crippen LogP contribution is -2.46. The van der Waals surface area contributed by atoms with Gasteiger partial charge in [-0.15, -0.1) is 24.0 Å². The van der Waals surface area contributed by atoms with Crippen molar-refractivity contribution in [2.45, 2.75) is 32.2 Å². The van der Waals surface area contributed by atoms with Gasteiger partial charge in [0, 0.05) is 33.2 Å². The van der Waals surface area contributed by atoms with Crippen LogP contribution in [0.25, 0.3) is 0 Å². The Morgan fingerprint density at radius 3 is 2.65 bits per heavy atom. The number of nitrogens with one attached hydrogen (secondary N) is 2. The molecule has 6 nitrogen and oxygen atoms in total. The number of aliphatic imine (C=N–C) groups is 1. The molecular weight excluding hydrogens is 463 g/mol. The number of benzene rings is 1. The third-order valence-corrected chi connectivity index (χ3v) is 6.46. The molecule has 0 radical (unpaired) electrons. The van der Waals surface area contributed by atoms with E-state index in [1.807, 2.05) is 0 Å². The monoisotopic (exact) mass is 492 g/mol. The van der Waals surface area contributed by atoms with Crippen molar-refractivity contribution in [1.82, 2.24) is 14.9 Å². The van der Waals surface area contributed by atoms with Crippen LogP contribution < -0.4 is 10.0 Å². The van der Waals surface area contributed by atoms with E-state index in [4.69, 9.17) is 0 Å². The van der Waals surface area contributed by atoms with E-state index in [9.17, 15) is 8.42 Å². The first-order chi connectivity index (χ1) is 12.1. The summed E-state index contributed by atoms with van der Waals surface area (Å²) >= 11 is 0. The van der Waals surface area contributed by atoms with Crippen LogP contribution in [-0.2, 0) is 23.0 Å². The minimum absolute atomic E-state index is 0. The average molecular weight is 492 g/mol. The highest BCUT2D eigenvalue weighted by atomic mass is 127. The molecule has 8 heteroatoms. The van der Waals surface area contributed by atoms with E-state index in [1.165, 1.54) is 17.5 Å². The number of sulfonamides is 1. The lowest BCUT2D eigenvalue weighted by Gasteiger charge is -2.31. The molecular formula is C18H29IN4O2S. The Kier molecular flexibility index (Phi) is 8.15. The fourth-order valence-electron chi connectivity index (χ4n) is 3.32. The van der Waals surface area contributed by atoms with Crippen molar-refractivity contribution in [3.8, 4) is 0 Å². The fraction of sp³-hybridized carbons (Fsp3) is 0.611. The van der Waals surface area contributed by atoms with Gasteiger partial charge in [-0.05, 0) is 36.3 Å². The predicted octanol–water partition coefficient (Wildman–Crippen LogP) is 1.96. The maximum Gasteiger partial charge on any atom is 0.213 e. The van der Waals surface area contributed by atoms with Crippen molar-refractivity contribution in [2.75, 3.05) is 32.4 Å². The zero-order valence-corrected chi connectivity index (χ0v) is 18.4. The number of fused-ring (bicyclic) bond motifs is 1. The van der Waals surface area contributed by atoms with Gasteiger partial charge in [0.25, 0.3) is 0 Å². The quantitative estimate of drug-likeness (QED) is 0.362. The van der Waals surface area contributed by atoms with Crippen molar-refractivity contribution in [3.63, 3.8) is 0 Å². The third kappa shape index (κ3) is 5.82. The first kappa shape index (κ1) is 21.4. The Morgan fingerprint density at radius 2 is 2.00 bits per heavy atom. The van der Waals surface area contributed by atoms with E-state index in [1.54, 1.807) is 7.05 Å². The minimum atomic E-state index is -3.22. The molecule has 0 amide bonds. The van der Waals surface area contributed by atoms with E-state index in [2.05, 4.69) is 44.2 Å². The van der Waals surface area contributed by atoms with E-state index >= 15 is 0 Å². The highest BCUT2D eigenvalue weighted by Crippen LogP contribution is 2.25. The third-order valence-electron chi connectivity index (χ3n) is 5.11. The van der Waals surface area contributed by atoms with E-state index in [0.29, 0.717) is 19.0 Å². The normalized spacial score (nSPS) is 17.9. The molecule has 1 saturated carbocycles. The molecule has 0 saturated heterocycles. The Labute approximate surface area is 173 Å². The van der Waals surface area contributed by atoms with Gasteiger partial charge in [-0.25, -0.2) is 13.1 Å². The van der Waals surface area contributed by atoms with Gasteiger partial charge in [-0.2, -0.15) is 0 Å². The van der Waals surface area contributed by atoms with E-state index in [-0.39, 0.29) is 29.7 Å². The smallest absolute Gasteiger partial charge is 0.213 e. The van der Waals surface area contributed by atoms with Gasteiger partial charge in [0.1, 0.15) is 0 Å². The molecule has 1 aromatic carbocycles. The van der Waals surface area contributed by atoms with Crippen LogP contribution in [0, 0.1) is 5.92 Å². The van der Waals surface area contributed by atoms with Gasteiger partial charge in [0.2, 0.25) is 10.0 Å². The zero-order valence-electron chi connectivity index (χ0n) is 15.3. The van der Waals surface area contributed by atoms with Crippen molar-refractivity contribution >= 4 is 40.0 Å². The maximum absolute atomic E-state index is 12.1. The molecule has 0 unspecified atom stereocenters. The lowest BCUT2D eigenvalue weighted by molar-refractivity contribution is 0.316. The number of rotatable bonds is 6. The molecule has 0 spiro atoms. The van der Waals surface area contributed by atoms with E-state index in [0.717, 1.165) is 38.3 Å². The molecule has 26 heavy (non-hydrogen) atoms. The second-order valence-corrected chi connectivity index (χ2v) is 8.80. The topological polar surface area (TPSA) is 73.8 Å². The number of nitrogens with zero attached hydrogens (tertiary/aromatic N) is 2. The van der Waals surface area contributed by atoms with Crippen LogP contribution in [0.2, 0.25) is 0 Å². The molecule has 0 bridgehead atoms. The summed E-state index contributed by atoms with van der Waals surface area (Å²) in [6, 6.07) is 8.44. The first-order valence-electron chi connectivity index (χ1n) is 9.07. The first-order valence-corrected chi connectivity index (χ1v) is 10.7. The molecule has 0 atom stereocenters. The second kappa shape index (κ2) is 9.89. The molecule has 1 aliphatic heterocycles. The standard InChI is InChI=1S/C18H28N4O2S.HI/c1-19-18(22-11-9-16-7-2-3-8-17(16)14-22)20-10-12-25(23,24)21-13-15-5-4-6-15;/h2-3,7-8,15,21H,4-6,9-14H2,1H3,(H,19,20);1H. The maximum atomic E-state index is 12.1. The van der Waals surface area contributed by atoms with Gasteiger partial charge < -0.3 is 10.2 Å². The second-order valence-electron chi connectivity index (χ2n) is 6.88. The van der Waals surface area contributed by atoms with Gasteiger partial charge >= 0.3 is 0 Å². The number of guanidine groups is 1. The lowest BCUT2D eigenvalue weighted by atomic mass is 9.86. The Hall–Kier alpha value is -0.870.